The molecule has 0 N–H and O–H groups in total. The molecule has 7 aromatic carbocycles. The SMILES string of the molecule is Cc1ccccc1-c1ccc2ccc3c(-c4ccccc4C)cc(-c4nc5cc(C(C)(C)C)ccc5o4)c4ccc1c2c43. The van der Waals surface area contributed by atoms with Crippen LogP contribution < -0.4 is 0 Å². The summed E-state index contributed by atoms with van der Waals surface area (Å²) in [6.07, 6.45) is 0. The van der Waals surface area contributed by atoms with E-state index in [0.29, 0.717) is 5.89 Å². The summed E-state index contributed by atoms with van der Waals surface area (Å²) in [6.45, 7) is 11.1. The maximum atomic E-state index is 6.53. The molecule has 0 aliphatic carbocycles. The standard InChI is InChI=1S/C41H33NO/c1-24-10-6-8-12-28(24)30-17-14-26-15-18-32-34(29-13-9-7-11-25(29)2)23-35(33-20-19-31(30)38(26)39(32)33)40-42-36-22-27(41(3,4)5)16-21-37(36)43-40/h6-23H,1-5H3. The molecule has 0 radical (unpaired) electrons. The number of hydrogen-bond donors (Lipinski definition) is 0. The van der Waals surface area contributed by atoms with Gasteiger partial charge in [0.25, 0.3) is 0 Å². The molecule has 43 heavy (non-hydrogen) atoms. The molecule has 0 bridgehead atoms. The number of aromatic nitrogens is 1. The van der Waals surface area contributed by atoms with Crippen LogP contribution in [-0.2, 0) is 5.41 Å². The molecule has 0 amide bonds. The lowest BCUT2D eigenvalue weighted by Crippen LogP contribution is -2.10. The Morgan fingerprint density at radius 1 is 0.535 bits per heavy atom. The molecule has 8 rings (SSSR count). The van der Waals surface area contributed by atoms with Gasteiger partial charge >= 0.3 is 0 Å². The summed E-state index contributed by atoms with van der Waals surface area (Å²) in [5.74, 6) is 0.660. The Bertz CT molecular complexity index is 2350. The van der Waals surface area contributed by atoms with Crippen molar-refractivity contribution >= 4 is 43.4 Å². The van der Waals surface area contributed by atoms with Crippen molar-refractivity contribution in [1.82, 2.24) is 4.98 Å². The summed E-state index contributed by atoms with van der Waals surface area (Å²) in [5.41, 5.74) is 11.5. The average Bonchev–Trinajstić information content (AvgIpc) is 3.43. The van der Waals surface area contributed by atoms with Crippen LogP contribution in [0.5, 0.6) is 0 Å². The Morgan fingerprint density at radius 3 is 1.84 bits per heavy atom. The third-order valence-electron chi connectivity index (χ3n) is 9.14. The fourth-order valence-electron chi connectivity index (χ4n) is 6.79. The number of hydrogen-bond acceptors (Lipinski definition) is 2. The largest absolute Gasteiger partial charge is 0.436 e. The molecule has 2 nitrogen and oxygen atoms in total. The fraction of sp³-hybridized carbons (Fsp3) is 0.146. The zero-order valence-corrected chi connectivity index (χ0v) is 25.2. The highest BCUT2D eigenvalue weighted by Gasteiger charge is 2.22. The van der Waals surface area contributed by atoms with Gasteiger partial charge in [-0.2, -0.15) is 0 Å². The third-order valence-corrected chi connectivity index (χ3v) is 9.14. The number of aryl methyl sites for hydroxylation is 2. The Hall–Kier alpha value is -4.95. The second kappa shape index (κ2) is 9.28. The quantitative estimate of drug-likeness (QED) is 0.203. The van der Waals surface area contributed by atoms with Crippen LogP contribution in [0.15, 0.2) is 114 Å². The Kier molecular flexibility index (Phi) is 5.55. The van der Waals surface area contributed by atoms with Crippen LogP contribution in [0.3, 0.4) is 0 Å². The van der Waals surface area contributed by atoms with Crippen LogP contribution in [0.25, 0.3) is 77.1 Å². The van der Waals surface area contributed by atoms with Crippen LogP contribution in [0.2, 0.25) is 0 Å². The van der Waals surface area contributed by atoms with Gasteiger partial charge in [-0.3, -0.25) is 0 Å². The van der Waals surface area contributed by atoms with E-state index in [-0.39, 0.29) is 5.41 Å². The first kappa shape index (κ1) is 25.7. The van der Waals surface area contributed by atoms with Crippen LogP contribution in [0.1, 0.15) is 37.5 Å². The summed E-state index contributed by atoms with van der Waals surface area (Å²) >= 11 is 0. The zero-order chi connectivity index (χ0) is 29.5. The van der Waals surface area contributed by atoms with Gasteiger partial charge in [-0.25, -0.2) is 4.98 Å². The van der Waals surface area contributed by atoms with E-state index in [1.165, 1.54) is 65.9 Å². The van der Waals surface area contributed by atoms with Crippen molar-refractivity contribution in [3.63, 3.8) is 0 Å². The molecule has 0 saturated carbocycles. The van der Waals surface area contributed by atoms with Crippen LogP contribution in [0.4, 0.5) is 0 Å². The summed E-state index contributed by atoms with van der Waals surface area (Å²) in [4.78, 5) is 5.11. The zero-order valence-electron chi connectivity index (χ0n) is 25.2. The average molecular weight is 556 g/mol. The van der Waals surface area contributed by atoms with Crippen LogP contribution in [-0.4, -0.2) is 4.98 Å². The molecule has 1 heterocycles. The topological polar surface area (TPSA) is 26.0 Å². The highest BCUT2D eigenvalue weighted by atomic mass is 16.3. The Morgan fingerprint density at radius 2 is 1.14 bits per heavy atom. The highest BCUT2D eigenvalue weighted by Crippen LogP contribution is 2.46. The molecule has 8 aromatic rings. The molecule has 0 atom stereocenters. The van der Waals surface area contributed by atoms with Crippen molar-refractivity contribution in [3.05, 3.63) is 126 Å². The molecule has 0 fully saturated rings. The van der Waals surface area contributed by atoms with Crippen molar-refractivity contribution in [3.8, 4) is 33.7 Å². The molecule has 0 aliphatic heterocycles. The molecular weight excluding hydrogens is 522 g/mol. The number of nitrogens with zero attached hydrogens (tertiary/aromatic N) is 1. The second-order valence-corrected chi connectivity index (χ2v) is 12.9. The van der Waals surface area contributed by atoms with E-state index in [1.807, 2.05) is 0 Å². The number of oxazole rings is 1. The van der Waals surface area contributed by atoms with Gasteiger partial charge in [0.15, 0.2) is 5.58 Å². The van der Waals surface area contributed by atoms with Gasteiger partial charge in [-0.15, -0.1) is 0 Å². The van der Waals surface area contributed by atoms with E-state index in [4.69, 9.17) is 9.40 Å². The summed E-state index contributed by atoms with van der Waals surface area (Å²) < 4.78 is 6.53. The Labute approximate surface area is 252 Å². The monoisotopic (exact) mass is 555 g/mol. The predicted molar refractivity (Wildman–Crippen MR) is 182 cm³/mol. The van der Waals surface area contributed by atoms with E-state index < -0.39 is 0 Å². The minimum atomic E-state index is 0.0348. The summed E-state index contributed by atoms with van der Waals surface area (Å²) in [5, 5.41) is 7.47. The van der Waals surface area contributed by atoms with Crippen LogP contribution in [0, 0.1) is 13.8 Å². The fourth-order valence-corrected chi connectivity index (χ4v) is 6.79. The van der Waals surface area contributed by atoms with Gasteiger partial charge in [0.1, 0.15) is 5.52 Å². The highest BCUT2D eigenvalue weighted by molar-refractivity contribution is 6.29. The number of benzene rings is 7. The van der Waals surface area contributed by atoms with Gasteiger partial charge < -0.3 is 4.42 Å². The molecule has 0 unspecified atom stereocenters. The van der Waals surface area contributed by atoms with Crippen molar-refractivity contribution < 1.29 is 4.42 Å². The molecule has 0 saturated heterocycles. The summed E-state index contributed by atoms with van der Waals surface area (Å²) in [6, 6.07) is 39.7. The maximum absolute atomic E-state index is 6.53. The van der Waals surface area contributed by atoms with Gasteiger partial charge in [-0.1, -0.05) is 112 Å². The minimum absolute atomic E-state index is 0.0348. The lowest BCUT2D eigenvalue weighted by molar-refractivity contribution is 0.590. The smallest absolute Gasteiger partial charge is 0.227 e. The van der Waals surface area contributed by atoms with Crippen molar-refractivity contribution in [2.45, 2.75) is 40.0 Å². The van der Waals surface area contributed by atoms with E-state index in [2.05, 4.69) is 144 Å². The van der Waals surface area contributed by atoms with E-state index in [9.17, 15) is 0 Å². The lowest BCUT2D eigenvalue weighted by Gasteiger charge is -2.19. The first-order valence-electron chi connectivity index (χ1n) is 15.1. The predicted octanol–water partition coefficient (Wildman–Crippen LogP) is 11.6. The number of fused-ring (bicyclic) bond motifs is 1. The second-order valence-electron chi connectivity index (χ2n) is 12.9. The molecule has 1 aromatic heterocycles. The van der Waals surface area contributed by atoms with E-state index in [1.54, 1.807) is 0 Å². The normalized spacial score (nSPS) is 12.3. The lowest BCUT2D eigenvalue weighted by atomic mass is 9.84. The van der Waals surface area contributed by atoms with Crippen molar-refractivity contribution in [1.29, 1.82) is 0 Å². The Balaban J connectivity index is 1.50. The number of rotatable bonds is 3. The molecular formula is C41H33NO. The molecule has 0 aliphatic rings. The van der Waals surface area contributed by atoms with Gasteiger partial charge in [0, 0.05) is 5.56 Å². The van der Waals surface area contributed by atoms with E-state index in [0.717, 1.165) is 22.0 Å². The molecule has 2 heteroatoms. The van der Waals surface area contributed by atoms with Gasteiger partial charge in [0.2, 0.25) is 5.89 Å². The molecule has 208 valence electrons. The first-order valence-corrected chi connectivity index (χ1v) is 15.1. The summed E-state index contributed by atoms with van der Waals surface area (Å²) in [7, 11) is 0. The van der Waals surface area contributed by atoms with Gasteiger partial charge in [-0.05, 0) is 109 Å². The van der Waals surface area contributed by atoms with Crippen LogP contribution >= 0.6 is 0 Å². The van der Waals surface area contributed by atoms with Crippen molar-refractivity contribution in [2.75, 3.05) is 0 Å². The third kappa shape index (κ3) is 3.97. The first-order chi connectivity index (χ1) is 20.8. The van der Waals surface area contributed by atoms with Gasteiger partial charge in [0.05, 0.1) is 0 Å². The molecule has 0 spiro atoms. The van der Waals surface area contributed by atoms with E-state index >= 15 is 0 Å². The minimum Gasteiger partial charge on any atom is -0.436 e. The maximum Gasteiger partial charge on any atom is 0.227 e. The van der Waals surface area contributed by atoms with Crippen molar-refractivity contribution in [2.24, 2.45) is 0 Å².